The van der Waals surface area contributed by atoms with E-state index in [0.29, 0.717) is 11.9 Å². The number of anilines is 1. The van der Waals surface area contributed by atoms with Crippen molar-refractivity contribution in [2.75, 3.05) is 31.5 Å². The second-order valence-electron chi connectivity index (χ2n) is 4.76. The van der Waals surface area contributed by atoms with Gasteiger partial charge in [-0.25, -0.2) is 0 Å². The van der Waals surface area contributed by atoms with Crippen LogP contribution in [0.15, 0.2) is 35.3 Å². The van der Waals surface area contributed by atoms with Crippen molar-refractivity contribution in [3.63, 3.8) is 0 Å². The van der Waals surface area contributed by atoms with Crippen LogP contribution in [0.4, 0.5) is 5.69 Å². The standard InChI is InChI=1S/C14H22N4/c1-2-18-9-8-12(11-18)10-16-14(15)17-13-6-4-3-5-7-13/h3-7,12H,2,8-11H2,1H3,(H3,15,16,17). The smallest absolute Gasteiger partial charge is 0.193 e. The summed E-state index contributed by atoms with van der Waals surface area (Å²) < 4.78 is 0. The van der Waals surface area contributed by atoms with Crippen LogP contribution in [-0.2, 0) is 0 Å². The van der Waals surface area contributed by atoms with Crippen LogP contribution in [0, 0.1) is 5.92 Å². The molecule has 1 aliphatic heterocycles. The number of likely N-dealkylation sites (tertiary alicyclic amines) is 1. The van der Waals surface area contributed by atoms with Crippen LogP contribution in [0.5, 0.6) is 0 Å². The minimum Gasteiger partial charge on any atom is -0.370 e. The number of nitrogens with zero attached hydrogens (tertiary/aromatic N) is 2. The van der Waals surface area contributed by atoms with Crippen molar-refractivity contribution in [3.05, 3.63) is 30.3 Å². The first-order valence-electron chi connectivity index (χ1n) is 6.62. The van der Waals surface area contributed by atoms with E-state index in [1.54, 1.807) is 0 Å². The Hall–Kier alpha value is -1.55. The molecule has 4 heteroatoms. The highest BCUT2D eigenvalue weighted by Crippen LogP contribution is 2.15. The second-order valence-corrected chi connectivity index (χ2v) is 4.76. The van der Waals surface area contributed by atoms with E-state index < -0.39 is 0 Å². The SMILES string of the molecule is CCN1CCC(CN=C(N)Nc2ccccc2)C1. The fourth-order valence-corrected chi connectivity index (χ4v) is 2.29. The zero-order valence-corrected chi connectivity index (χ0v) is 11.0. The van der Waals surface area contributed by atoms with Crippen molar-refractivity contribution in [3.8, 4) is 0 Å². The molecular weight excluding hydrogens is 224 g/mol. The van der Waals surface area contributed by atoms with Crippen LogP contribution in [-0.4, -0.2) is 37.0 Å². The van der Waals surface area contributed by atoms with Gasteiger partial charge in [-0.05, 0) is 37.6 Å². The van der Waals surface area contributed by atoms with Gasteiger partial charge >= 0.3 is 0 Å². The molecule has 0 aromatic heterocycles. The van der Waals surface area contributed by atoms with Crippen LogP contribution < -0.4 is 11.1 Å². The lowest BCUT2D eigenvalue weighted by molar-refractivity contribution is 0.344. The Balaban J connectivity index is 1.79. The van der Waals surface area contributed by atoms with Gasteiger partial charge in [-0.1, -0.05) is 25.1 Å². The van der Waals surface area contributed by atoms with Crippen molar-refractivity contribution in [1.29, 1.82) is 0 Å². The maximum atomic E-state index is 5.88. The highest BCUT2D eigenvalue weighted by Gasteiger charge is 2.20. The van der Waals surface area contributed by atoms with Crippen molar-refractivity contribution >= 4 is 11.6 Å². The summed E-state index contributed by atoms with van der Waals surface area (Å²) in [5.41, 5.74) is 6.86. The number of guanidine groups is 1. The summed E-state index contributed by atoms with van der Waals surface area (Å²) in [5.74, 6) is 1.16. The third-order valence-corrected chi connectivity index (χ3v) is 3.38. The van der Waals surface area contributed by atoms with Crippen molar-refractivity contribution in [2.45, 2.75) is 13.3 Å². The van der Waals surface area contributed by atoms with Gasteiger partial charge in [-0.2, -0.15) is 0 Å². The number of hydrogen-bond donors (Lipinski definition) is 2. The molecule has 1 aliphatic rings. The molecule has 0 spiro atoms. The fraction of sp³-hybridized carbons (Fsp3) is 0.500. The van der Waals surface area contributed by atoms with Crippen molar-refractivity contribution in [2.24, 2.45) is 16.6 Å². The Kier molecular flexibility index (Phi) is 4.59. The first kappa shape index (κ1) is 12.9. The normalized spacial score (nSPS) is 21.2. The van der Waals surface area contributed by atoms with E-state index in [9.17, 15) is 0 Å². The molecule has 3 N–H and O–H groups in total. The number of nitrogens with two attached hydrogens (primary N) is 1. The minimum absolute atomic E-state index is 0.510. The van der Waals surface area contributed by atoms with Crippen LogP contribution in [0.2, 0.25) is 0 Å². The third kappa shape index (κ3) is 3.74. The molecule has 18 heavy (non-hydrogen) atoms. The van der Waals surface area contributed by atoms with Gasteiger partial charge in [0, 0.05) is 18.8 Å². The number of hydrogen-bond acceptors (Lipinski definition) is 2. The van der Waals surface area contributed by atoms with Crippen LogP contribution in [0.1, 0.15) is 13.3 Å². The molecule has 0 amide bonds. The molecule has 0 radical (unpaired) electrons. The quantitative estimate of drug-likeness (QED) is 0.628. The van der Waals surface area contributed by atoms with Gasteiger partial charge in [0.15, 0.2) is 5.96 Å². The van der Waals surface area contributed by atoms with E-state index in [1.165, 1.54) is 13.0 Å². The molecule has 1 fully saturated rings. The van der Waals surface area contributed by atoms with Crippen molar-refractivity contribution in [1.82, 2.24) is 4.90 Å². The molecular formula is C14H22N4. The van der Waals surface area contributed by atoms with Gasteiger partial charge in [0.25, 0.3) is 0 Å². The summed E-state index contributed by atoms with van der Waals surface area (Å²) in [7, 11) is 0. The topological polar surface area (TPSA) is 53.6 Å². The molecule has 1 unspecified atom stereocenters. The molecule has 2 rings (SSSR count). The van der Waals surface area contributed by atoms with E-state index in [4.69, 9.17) is 5.73 Å². The molecule has 1 atom stereocenters. The second kappa shape index (κ2) is 6.40. The first-order chi connectivity index (χ1) is 8.78. The summed E-state index contributed by atoms with van der Waals surface area (Å²) in [4.78, 5) is 6.89. The molecule has 1 saturated heterocycles. The van der Waals surface area contributed by atoms with E-state index in [-0.39, 0.29) is 0 Å². The van der Waals surface area contributed by atoms with Gasteiger partial charge in [-0.15, -0.1) is 0 Å². The summed E-state index contributed by atoms with van der Waals surface area (Å²) in [5, 5.41) is 3.11. The molecule has 0 bridgehead atoms. The molecule has 0 aliphatic carbocycles. The Bertz CT molecular complexity index is 388. The van der Waals surface area contributed by atoms with Gasteiger partial charge in [0.1, 0.15) is 0 Å². The highest BCUT2D eigenvalue weighted by atomic mass is 15.1. The monoisotopic (exact) mass is 246 g/mol. The van der Waals surface area contributed by atoms with Crippen LogP contribution in [0.3, 0.4) is 0 Å². The molecule has 0 saturated carbocycles. The number of nitrogens with one attached hydrogen (secondary N) is 1. The van der Waals surface area contributed by atoms with E-state index >= 15 is 0 Å². The zero-order valence-electron chi connectivity index (χ0n) is 11.0. The maximum absolute atomic E-state index is 5.88. The van der Waals surface area contributed by atoms with Gasteiger partial charge in [0.05, 0.1) is 0 Å². The molecule has 1 aromatic rings. The number of benzene rings is 1. The highest BCUT2D eigenvalue weighted by molar-refractivity contribution is 5.92. The Labute approximate surface area is 109 Å². The van der Waals surface area contributed by atoms with Gasteiger partial charge in [0.2, 0.25) is 0 Å². The van der Waals surface area contributed by atoms with E-state index in [0.717, 1.165) is 25.3 Å². The average molecular weight is 246 g/mol. The fourth-order valence-electron chi connectivity index (χ4n) is 2.29. The summed E-state index contributed by atoms with van der Waals surface area (Å²) in [6, 6.07) is 9.90. The Morgan fingerprint density at radius 3 is 2.89 bits per heavy atom. The van der Waals surface area contributed by atoms with E-state index in [2.05, 4.69) is 22.1 Å². The van der Waals surface area contributed by atoms with E-state index in [1.807, 2.05) is 30.3 Å². The Morgan fingerprint density at radius 1 is 1.44 bits per heavy atom. The summed E-state index contributed by atoms with van der Waals surface area (Å²) >= 11 is 0. The summed E-state index contributed by atoms with van der Waals surface area (Å²) in [6.45, 7) is 6.51. The average Bonchev–Trinajstić information content (AvgIpc) is 2.85. The summed E-state index contributed by atoms with van der Waals surface area (Å²) in [6.07, 6.45) is 1.23. The predicted octanol–water partition coefficient (Wildman–Crippen LogP) is 1.75. The lowest BCUT2D eigenvalue weighted by Crippen LogP contribution is -2.25. The number of aliphatic imine (C=N–C) groups is 1. The predicted molar refractivity (Wildman–Crippen MR) is 76.8 cm³/mol. The first-order valence-corrected chi connectivity index (χ1v) is 6.62. The lowest BCUT2D eigenvalue weighted by atomic mass is 10.1. The Morgan fingerprint density at radius 2 is 2.22 bits per heavy atom. The van der Waals surface area contributed by atoms with Crippen molar-refractivity contribution < 1.29 is 0 Å². The molecule has 1 heterocycles. The lowest BCUT2D eigenvalue weighted by Gasteiger charge is -2.12. The third-order valence-electron chi connectivity index (χ3n) is 3.38. The largest absolute Gasteiger partial charge is 0.370 e. The zero-order chi connectivity index (χ0) is 12.8. The van der Waals surface area contributed by atoms with Crippen LogP contribution >= 0.6 is 0 Å². The van der Waals surface area contributed by atoms with Crippen LogP contribution in [0.25, 0.3) is 0 Å². The maximum Gasteiger partial charge on any atom is 0.193 e. The van der Waals surface area contributed by atoms with Gasteiger partial charge in [-0.3, -0.25) is 4.99 Å². The number of rotatable bonds is 4. The molecule has 4 nitrogen and oxygen atoms in total. The molecule has 1 aromatic carbocycles. The van der Waals surface area contributed by atoms with Gasteiger partial charge < -0.3 is 16.0 Å². The minimum atomic E-state index is 0.510. The molecule has 98 valence electrons. The number of para-hydroxylation sites is 1.